The molecular formula is C11H16ClN3O. The summed E-state index contributed by atoms with van der Waals surface area (Å²) in [5, 5.41) is 9.46. The van der Waals surface area contributed by atoms with Gasteiger partial charge in [-0.2, -0.15) is 5.10 Å². The first-order valence-electron chi connectivity index (χ1n) is 5.67. The van der Waals surface area contributed by atoms with Crippen molar-refractivity contribution in [3.05, 3.63) is 18.0 Å². The highest BCUT2D eigenvalue weighted by atomic mass is 35.5. The average molecular weight is 242 g/mol. The van der Waals surface area contributed by atoms with Gasteiger partial charge in [0.2, 0.25) is 0 Å². The molecule has 0 saturated heterocycles. The van der Waals surface area contributed by atoms with Gasteiger partial charge in [0.05, 0.1) is 0 Å². The number of carbonyl (C=O) groups is 1. The molecule has 1 heterocycles. The van der Waals surface area contributed by atoms with Crippen LogP contribution in [0.5, 0.6) is 0 Å². The molecule has 88 valence electrons. The minimum Gasteiger partial charge on any atom is -0.348 e. The van der Waals surface area contributed by atoms with Gasteiger partial charge in [-0.1, -0.05) is 12.8 Å². The summed E-state index contributed by atoms with van der Waals surface area (Å²) in [4.78, 5) is 11.8. The Kier molecular flexibility index (Phi) is 3.83. The number of H-pyrrole nitrogens is 1. The molecule has 16 heavy (non-hydrogen) atoms. The molecule has 0 radical (unpaired) electrons. The molecule has 0 bridgehead atoms. The molecule has 1 fully saturated rings. The van der Waals surface area contributed by atoms with E-state index in [0.29, 0.717) is 17.5 Å². The Morgan fingerprint density at radius 1 is 1.56 bits per heavy atom. The summed E-state index contributed by atoms with van der Waals surface area (Å²) in [6, 6.07) is 1.88. The minimum absolute atomic E-state index is 0.0838. The monoisotopic (exact) mass is 241 g/mol. The maximum atomic E-state index is 11.8. The molecule has 0 aliphatic heterocycles. The lowest BCUT2D eigenvalue weighted by Crippen LogP contribution is -2.42. The number of hydrogen-bond donors (Lipinski definition) is 2. The van der Waals surface area contributed by atoms with E-state index in [2.05, 4.69) is 15.5 Å². The number of carbonyl (C=O) groups excluding carboxylic acids is 1. The predicted molar refractivity (Wildman–Crippen MR) is 62.5 cm³/mol. The summed E-state index contributed by atoms with van der Waals surface area (Å²) in [6.45, 7) is 0. The molecule has 1 saturated carbocycles. The average Bonchev–Trinajstić information content (AvgIpc) is 2.83. The van der Waals surface area contributed by atoms with Crippen LogP contribution in [-0.2, 0) is 0 Å². The van der Waals surface area contributed by atoms with Gasteiger partial charge < -0.3 is 5.32 Å². The first-order chi connectivity index (χ1) is 7.81. The van der Waals surface area contributed by atoms with Gasteiger partial charge in [0.25, 0.3) is 5.91 Å². The number of alkyl halides is 1. The van der Waals surface area contributed by atoms with E-state index in [1.807, 2.05) is 0 Å². The quantitative estimate of drug-likeness (QED) is 0.795. The van der Waals surface area contributed by atoms with E-state index in [1.54, 1.807) is 12.3 Å². The molecule has 5 heteroatoms. The predicted octanol–water partition coefficient (Wildman–Crippen LogP) is 1.94. The number of hydrogen-bond acceptors (Lipinski definition) is 2. The second-order valence-electron chi connectivity index (χ2n) is 4.25. The smallest absolute Gasteiger partial charge is 0.269 e. The summed E-state index contributed by atoms with van der Waals surface area (Å²) in [5.41, 5.74) is 0.513. The first kappa shape index (κ1) is 11.5. The fourth-order valence-electron chi connectivity index (χ4n) is 2.21. The van der Waals surface area contributed by atoms with Crippen LogP contribution in [0.15, 0.2) is 12.3 Å². The lowest BCUT2D eigenvalue weighted by Gasteiger charge is -2.30. The molecule has 2 rings (SSSR count). The summed E-state index contributed by atoms with van der Waals surface area (Å²) < 4.78 is 0. The lowest BCUT2D eigenvalue weighted by molar-refractivity contribution is 0.0906. The molecular weight excluding hydrogens is 226 g/mol. The van der Waals surface area contributed by atoms with Crippen molar-refractivity contribution in [3.63, 3.8) is 0 Å². The third-order valence-corrected chi connectivity index (χ3v) is 3.57. The van der Waals surface area contributed by atoms with Crippen LogP contribution < -0.4 is 5.32 Å². The van der Waals surface area contributed by atoms with Crippen LogP contribution in [0.2, 0.25) is 0 Å². The summed E-state index contributed by atoms with van der Waals surface area (Å²) in [7, 11) is 0. The number of aromatic amines is 1. The van der Waals surface area contributed by atoms with Crippen LogP contribution in [0.3, 0.4) is 0 Å². The second-order valence-corrected chi connectivity index (χ2v) is 4.56. The van der Waals surface area contributed by atoms with Crippen LogP contribution >= 0.6 is 11.6 Å². The third kappa shape index (κ3) is 2.55. The second kappa shape index (κ2) is 5.34. The molecule has 0 aromatic carbocycles. The third-order valence-electron chi connectivity index (χ3n) is 3.17. The van der Waals surface area contributed by atoms with E-state index in [-0.39, 0.29) is 11.9 Å². The van der Waals surface area contributed by atoms with Crippen molar-refractivity contribution in [1.29, 1.82) is 0 Å². The van der Waals surface area contributed by atoms with Gasteiger partial charge >= 0.3 is 0 Å². The van der Waals surface area contributed by atoms with Gasteiger partial charge in [0.15, 0.2) is 0 Å². The highest BCUT2D eigenvalue weighted by molar-refractivity contribution is 6.18. The summed E-state index contributed by atoms with van der Waals surface area (Å²) in [5.74, 6) is 0.940. The number of nitrogens with one attached hydrogen (secondary N) is 2. The molecule has 1 aromatic rings. The summed E-state index contributed by atoms with van der Waals surface area (Å²) in [6.07, 6.45) is 6.10. The Hall–Kier alpha value is -1.03. The van der Waals surface area contributed by atoms with Crippen LogP contribution in [0.25, 0.3) is 0 Å². The number of aromatic nitrogens is 2. The van der Waals surface area contributed by atoms with Crippen LogP contribution in [0, 0.1) is 5.92 Å². The Balaban J connectivity index is 1.95. The number of halogens is 1. The zero-order valence-corrected chi connectivity index (χ0v) is 9.83. The highest BCUT2D eigenvalue weighted by Gasteiger charge is 2.26. The molecule has 4 nitrogen and oxygen atoms in total. The molecule has 1 aliphatic carbocycles. The van der Waals surface area contributed by atoms with E-state index >= 15 is 0 Å². The largest absolute Gasteiger partial charge is 0.348 e. The van der Waals surface area contributed by atoms with E-state index in [9.17, 15) is 4.79 Å². The molecule has 2 N–H and O–H groups in total. The highest BCUT2D eigenvalue weighted by Crippen LogP contribution is 2.25. The van der Waals surface area contributed by atoms with E-state index in [4.69, 9.17) is 11.6 Å². The normalized spacial score (nSPS) is 25.3. The fourth-order valence-corrected chi connectivity index (χ4v) is 2.58. The maximum Gasteiger partial charge on any atom is 0.269 e. The van der Waals surface area contributed by atoms with E-state index in [1.165, 1.54) is 12.8 Å². The van der Waals surface area contributed by atoms with Gasteiger partial charge in [0, 0.05) is 18.1 Å². The molecule has 0 spiro atoms. The topological polar surface area (TPSA) is 57.8 Å². The van der Waals surface area contributed by atoms with Crippen molar-refractivity contribution in [2.75, 3.05) is 5.88 Å². The SMILES string of the molecule is O=C(NC1CCCCC1CCl)c1ccn[nH]1. The van der Waals surface area contributed by atoms with E-state index in [0.717, 1.165) is 12.8 Å². The molecule has 1 aromatic heterocycles. The Morgan fingerprint density at radius 2 is 2.38 bits per heavy atom. The number of nitrogens with zero attached hydrogens (tertiary/aromatic N) is 1. The number of rotatable bonds is 3. The summed E-state index contributed by atoms with van der Waals surface area (Å²) >= 11 is 5.91. The standard InChI is InChI=1S/C11H16ClN3O/c12-7-8-3-1-2-4-9(8)14-11(16)10-5-6-13-15-10/h5-6,8-9H,1-4,7H2,(H,13,15)(H,14,16). The molecule has 2 unspecified atom stereocenters. The Bertz CT molecular complexity index is 339. The van der Waals surface area contributed by atoms with Crippen LogP contribution in [-0.4, -0.2) is 28.0 Å². The molecule has 1 aliphatic rings. The zero-order valence-electron chi connectivity index (χ0n) is 9.08. The Morgan fingerprint density at radius 3 is 3.06 bits per heavy atom. The fraction of sp³-hybridized carbons (Fsp3) is 0.636. The van der Waals surface area contributed by atoms with Gasteiger partial charge in [-0.15, -0.1) is 11.6 Å². The Labute approximate surface area is 99.8 Å². The minimum atomic E-state index is -0.0838. The van der Waals surface area contributed by atoms with Crippen molar-refractivity contribution in [2.24, 2.45) is 5.92 Å². The lowest BCUT2D eigenvalue weighted by atomic mass is 9.85. The van der Waals surface area contributed by atoms with Crippen molar-refractivity contribution in [2.45, 2.75) is 31.7 Å². The van der Waals surface area contributed by atoms with E-state index < -0.39 is 0 Å². The van der Waals surface area contributed by atoms with Crippen molar-refractivity contribution < 1.29 is 4.79 Å². The van der Waals surface area contributed by atoms with Gasteiger partial charge in [-0.3, -0.25) is 9.89 Å². The zero-order chi connectivity index (χ0) is 11.4. The van der Waals surface area contributed by atoms with Crippen molar-refractivity contribution in [3.8, 4) is 0 Å². The molecule has 2 atom stereocenters. The maximum absolute atomic E-state index is 11.8. The molecule has 1 amide bonds. The van der Waals surface area contributed by atoms with Gasteiger partial charge in [0.1, 0.15) is 5.69 Å². The van der Waals surface area contributed by atoms with Gasteiger partial charge in [-0.25, -0.2) is 0 Å². The number of amides is 1. The van der Waals surface area contributed by atoms with Crippen LogP contribution in [0.4, 0.5) is 0 Å². The van der Waals surface area contributed by atoms with Crippen molar-refractivity contribution >= 4 is 17.5 Å². The van der Waals surface area contributed by atoms with Gasteiger partial charge in [-0.05, 0) is 24.8 Å². The van der Waals surface area contributed by atoms with Crippen LogP contribution in [0.1, 0.15) is 36.2 Å². The van der Waals surface area contributed by atoms with Crippen molar-refractivity contribution in [1.82, 2.24) is 15.5 Å². The first-order valence-corrected chi connectivity index (χ1v) is 6.21.